The van der Waals surface area contributed by atoms with Crippen molar-refractivity contribution in [1.82, 2.24) is 0 Å². The minimum Gasteiger partial charge on any atom is -0.310 e. The molecular formula is C65H51N. The number of benzene rings is 8. The molecule has 0 saturated heterocycles. The molecule has 0 amide bonds. The van der Waals surface area contributed by atoms with Crippen LogP contribution >= 0.6 is 0 Å². The van der Waals surface area contributed by atoms with Gasteiger partial charge in [-0.05, 0) is 139 Å². The summed E-state index contributed by atoms with van der Waals surface area (Å²) in [5, 5.41) is 0. The number of fused-ring (bicyclic) bond motifs is 8. The number of rotatable bonds is 7. The average molecular weight is 846 g/mol. The molecular weight excluding hydrogens is 795 g/mol. The zero-order valence-electron chi connectivity index (χ0n) is 37.6. The minimum absolute atomic E-state index is 0.138. The number of hydrogen-bond donors (Lipinski definition) is 0. The van der Waals surface area contributed by atoms with E-state index < -0.39 is 5.41 Å². The van der Waals surface area contributed by atoms with Gasteiger partial charge in [-0.25, -0.2) is 0 Å². The number of anilines is 3. The molecule has 8 aromatic rings. The molecule has 0 heterocycles. The SMILES string of the molecule is CC1(C)c2ccccc2-c2ccc(N(c3cccc(C4=CC=CCC4)c3)c3cccc(C4(c5ccccc5)c5ccccc5C5(c6ccccc6)c6c(cccc64)C4=CC=CCC45)c3)cc21. The lowest BCUT2D eigenvalue weighted by Crippen LogP contribution is -2.46. The van der Waals surface area contributed by atoms with Crippen LogP contribution in [0.1, 0.15) is 94.3 Å². The maximum atomic E-state index is 2.52. The van der Waals surface area contributed by atoms with Crippen LogP contribution in [0.3, 0.4) is 0 Å². The van der Waals surface area contributed by atoms with Gasteiger partial charge in [0.25, 0.3) is 0 Å². The Kier molecular flexibility index (Phi) is 8.72. The van der Waals surface area contributed by atoms with Gasteiger partial charge < -0.3 is 4.90 Å². The Morgan fingerprint density at radius 2 is 1.08 bits per heavy atom. The molecule has 1 nitrogen and oxygen atoms in total. The molecule has 8 aromatic carbocycles. The van der Waals surface area contributed by atoms with Crippen LogP contribution in [0.4, 0.5) is 17.1 Å². The largest absolute Gasteiger partial charge is 0.310 e. The molecule has 0 saturated carbocycles. The number of hydrogen-bond acceptors (Lipinski definition) is 1. The first-order chi connectivity index (χ1) is 32.5. The van der Waals surface area contributed by atoms with Gasteiger partial charge >= 0.3 is 0 Å². The van der Waals surface area contributed by atoms with Crippen LogP contribution < -0.4 is 4.90 Å². The van der Waals surface area contributed by atoms with Crippen molar-refractivity contribution in [2.24, 2.45) is 5.92 Å². The Balaban J connectivity index is 1.09. The maximum absolute atomic E-state index is 2.52. The van der Waals surface area contributed by atoms with Gasteiger partial charge in [-0.3, -0.25) is 0 Å². The predicted octanol–water partition coefficient (Wildman–Crippen LogP) is 16.2. The van der Waals surface area contributed by atoms with Gasteiger partial charge in [-0.1, -0.05) is 208 Å². The topological polar surface area (TPSA) is 3.24 Å². The smallest absolute Gasteiger partial charge is 0.0708 e. The van der Waals surface area contributed by atoms with E-state index in [1.807, 2.05) is 0 Å². The molecule has 5 aliphatic rings. The van der Waals surface area contributed by atoms with E-state index in [0.29, 0.717) is 0 Å². The maximum Gasteiger partial charge on any atom is 0.0708 e. The highest BCUT2D eigenvalue weighted by molar-refractivity contribution is 5.91. The highest BCUT2D eigenvalue weighted by atomic mass is 15.1. The second-order valence-corrected chi connectivity index (χ2v) is 19.4. The van der Waals surface area contributed by atoms with Crippen LogP contribution in [0.15, 0.2) is 231 Å². The van der Waals surface area contributed by atoms with E-state index in [1.165, 1.54) is 83.5 Å². The molecule has 5 aliphatic carbocycles. The van der Waals surface area contributed by atoms with Crippen LogP contribution in [0.2, 0.25) is 0 Å². The van der Waals surface area contributed by atoms with Gasteiger partial charge in [0.15, 0.2) is 0 Å². The van der Waals surface area contributed by atoms with E-state index in [4.69, 9.17) is 0 Å². The molecule has 0 aromatic heterocycles. The summed E-state index contributed by atoms with van der Waals surface area (Å²) < 4.78 is 0. The van der Waals surface area contributed by atoms with Gasteiger partial charge in [-0.15, -0.1) is 0 Å². The van der Waals surface area contributed by atoms with Crippen LogP contribution in [0.25, 0.3) is 22.3 Å². The Hall–Kier alpha value is -7.48. The quantitative estimate of drug-likeness (QED) is 0.154. The van der Waals surface area contributed by atoms with Crippen molar-refractivity contribution in [2.45, 2.75) is 49.4 Å². The van der Waals surface area contributed by atoms with Crippen LogP contribution in [-0.4, -0.2) is 0 Å². The summed E-state index contributed by atoms with van der Waals surface area (Å²) in [6, 6.07) is 74.4. The van der Waals surface area contributed by atoms with Gasteiger partial charge in [0.2, 0.25) is 0 Å². The fraction of sp³-hybridized carbons (Fsp3) is 0.138. The van der Waals surface area contributed by atoms with E-state index in [0.717, 1.165) is 36.3 Å². The Labute approximate surface area is 389 Å². The lowest BCUT2D eigenvalue weighted by molar-refractivity contribution is 0.454. The molecule has 0 bridgehead atoms. The second kappa shape index (κ2) is 14.8. The third kappa shape index (κ3) is 5.35. The molecule has 316 valence electrons. The van der Waals surface area contributed by atoms with Crippen LogP contribution in [0, 0.1) is 5.92 Å². The zero-order chi connectivity index (χ0) is 44.0. The molecule has 0 N–H and O–H groups in total. The first kappa shape index (κ1) is 38.9. The Bertz CT molecular complexity index is 3380. The molecule has 0 aliphatic heterocycles. The molecule has 3 unspecified atom stereocenters. The third-order valence-electron chi connectivity index (χ3n) is 15.9. The van der Waals surface area contributed by atoms with E-state index in [1.54, 1.807) is 0 Å². The predicted molar refractivity (Wildman–Crippen MR) is 275 cm³/mol. The number of nitrogens with zero attached hydrogens (tertiary/aromatic N) is 1. The lowest BCUT2D eigenvalue weighted by atomic mass is 9.50. The van der Waals surface area contributed by atoms with Crippen molar-refractivity contribution in [2.75, 3.05) is 4.90 Å². The molecule has 0 radical (unpaired) electrons. The number of allylic oxidation sites excluding steroid dienone is 8. The van der Waals surface area contributed by atoms with Gasteiger partial charge in [0, 0.05) is 28.4 Å². The first-order valence-corrected chi connectivity index (χ1v) is 23.8. The van der Waals surface area contributed by atoms with Crippen LogP contribution in [-0.2, 0) is 16.2 Å². The molecule has 0 fully saturated rings. The van der Waals surface area contributed by atoms with Crippen molar-refractivity contribution >= 4 is 28.2 Å². The summed E-state index contributed by atoms with van der Waals surface area (Å²) in [5.41, 5.74) is 22.7. The fourth-order valence-electron chi connectivity index (χ4n) is 13.2. The summed E-state index contributed by atoms with van der Waals surface area (Å²) >= 11 is 0. The van der Waals surface area contributed by atoms with E-state index in [9.17, 15) is 0 Å². The van der Waals surface area contributed by atoms with Crippen molar-refractivity contribution in [3.05, 3.63) is 292 Å². The minimum atomic E-state index is -0.632. The molecule has 13 rings (SSSR count). The van der Waals surface area contributed by atoms with Crippen molar-refractivity contribution < 1.29 is 0 Å². The first-order valence-electron chi connectivity index (χ1n) is 23.8. The molecule has 1 heteroatoms. The third-order valence-corrected chi connectivity index (χ3v) is 15.9. The van der Waals surface area contributed by atoms with Gasteiger partial charge in [0.1, 0.15) is 0 Å². The summed E-state index contributed by atoms with van der Waals surface area (Å²) in [4.78, 5) is 2.52. The van der Waals surface area contributed by atoms with E-state index >= 15 is 0 Å². The highest BCUT2D eigenvalue weighted by Gasteiger charge is 2.60. The van der Waals surface area contributed by atoms with E-state index in [2.05, 4.69) is 249 Å². The van der Waals surface area contributed by atoms with Crippen molar-refractivity contribution in [3.63, 3.8) is 0 Å². The van der Waals surface area contributed by atoms with E-state index in [-0.39, 0.29) is 16.7 Å². The monoisotopic (exact) mass is 845 g/mol. The fourth-order valence-corrected chi connectivity index (χ4v) is 13.2. The molecule has 0 spiro atoms. The van der Waals surface area contributed by atoms with Crippen molar-refractivity contribution in [1.29, 1.82) is 0 Å². The zero-order valence-corrected chi connectivity index (χ0v) is 37.6. The summed E-state index contributed by atoms with van der Waals surface area (Å²) in [6.45, 7) is 4.77. The summed E-state index contributed by atoms with van der Waals surface area (Å²) in [6.07, 6.45) is 17.0. The molecule has 66 heavy (non-hydrogen) atoms. The van der Waals surface area contributed by atoms with Gasteiger partial charge in [0.05, 0.1) is 10.8 Å². The van der Waals surface area contributed by atoms with Crippen molar-refractivity contribution in [3.8, 4) is 11.1 Å². The summed E-state index contributed by atoms with van der Waals surface area (Å²) in [7, 11) is 0. The average Bonchev–Trinajstić information content (AvgIpc) is 3.81. The Morgan fingerprint density at radius 3 is 1.88 bits per heavy atom. The Morgan fingerprint density at radius 1 is 0.455 bits per heavy atom. The normalized spacial score (nSPS) is 21.2. The molecule has 3 atom stereocenters. The standard InChI is InChI=1S/C65H51N/c1-63(2)56-34-14-12-31-52(56)54-40-39-51(43-61(54)63)66(49-29-18-23-45(41-49)44-21-6-3-7-22-44)50-30-19-28-48(42-50)64(46-24-8-4-9-25-46)58-36-16-17-37-59(58)65(47-26-10-5-11-27-47)57-35-15-13-32-53(57)55-33-20-38-60(64)62(55)65/h3-6,8-21,23-34,36-43,57H,7,22,35H2,1-2H3. The highest BCUT2D eigenvalue weighted by Crippen LogP contribution is 2.67. The summed E-state index contributed by atoms with van der Waals surface area (Å²) in [5.74, 6) is 0.273. The second-order valence-electron chi connectivity index (χ2n) is 19.4. The van der Waals surface area contributed by atoms with Crippen LogP contribution in [0.5, 0.6) is 0 Å². The van der Waals surface area contributed by atoms with Gasteiger partial charge in [-0.2, -0.15) is 0 Å². The lowest BCUT2D eigenvalue weighted by Gasteiger charge is -2.51.